The second-order valence-electron chi connectivity index (χ2n) is 5.06. The van der Waals surface area contributed by atoms with Crippen LogP contribution in [0.25, 0.3) is 0 Å². The van der Waals surface area contributed by atoms with Gasteiger partial charge in [-0.15, -0.1) is 0 Å². The standard InChI is InChI=1S/C13H15Cl2NO4S/c14-10-2-1-3-11(12(10)15)21(19,20)16-9-6-4-8(5-7-9)13(17)18/h1-3,8-9,16H,4-7H2,(H,17,18). The Morgan fingerprint density at radius 3 is 2.38 bits per heavy atom. The first-order valence-corrected chi connectivity index (χ1v) is 8.74. The Morgan fingerprint density at radius 1 is 1.19 bits per heavy atom. The van der Waals surface area contributed by atoms with Gasteiger partial charge in [0, 0.05) is 6.04 Å². The lowest BCUT2D eigenvalue weighted by atomic mass is 9.87. The Bertz CT molecular complexity index is 640. The van der Waals surface area contributed by atoms with Crippen molar-refractivity contribution in [1.82, 2.24) is 4.72 Å². The van der Waals surface area contributed by atoms with Gasteiger partial charge in [0.05, 0.1) is 16.0 Å². The highest BCUT2D eigenvalue weighted by Crippen LogP contribution is 2.30. The van der Waals surface area contributed by atoms with Crippen LogP contribution in [0.4, 0.5) is 0 Å². The fraction of sp³-hybridized carbons (Fsp3) is 0.462. The molecule has 0 bridgehead atoms. The van der Waals surface area contributed by atoms with E-state index in [1.54, 1.807) is 0 Å². The van der Waals surface area contributed by atoms with Gasteiger partial charge >= 0.3 is 5.97 Å². The third-order valence-electron chi connectivity index (χ3n) is 3.60. The highest BCUT2D eigenvalue weighted by atomic mass is 35.5. The van der Waals surface area contributed by atoms with Gasteiger partial charge < -0.3 is 5.11 Å². The van der Waals surface area contributed by atoms with Crippen LogP contribution >= 0.6 is 23.2 Å². The summed E-state index contributed by atoms with van der Waals surface area (Å²) in [5.74, 6) is -1.21. The molecule has 0 spiro atoms. The largest absolute Gasteiger partial charge is 0.481 e. The molecule has 1 aliphatic rings. The number of sulfonamides is 1. The molecule has 1 fully saturated rings. The van der Waals surface area contributed by atoms with E-state index < -0.39 is 16.0 Å². The Hall–Kier alpha value is -0.820. The van der Waals surface area contributed by atoms with Crippen molar-refractivity contribution in [3.05, 3.63) is 28.2 Å². The average molecular weight is 352 g/mol. The second-order valence-corrected chi connectivity index (χ2v) is 7.53. The Kier molecular flexibility index (Phi) is 5.14. The summed E-state index contributed by atoms with van der Waals surface area (Å²) < 4.78 is 27.2. The van der Waals surface area contributed by atoms with E-state index in [0.717, 1.165) is 0 Å². The van der Waals surface area contributed by atoms with E-state index in [2.05, 4.69) is 4.72 Å². The SMILES string of the molecule is O=C(O)C1CCC(NS(=O)(=O)c2cccc(Cl)c2Cl)CC1. The molecule has 0 heterocycles. The van der Waals surface area contributed by atoms with Gasteiger partial charge in [-0.2, -0.15) is 0 Å². The van der Waals surface area contributed by atoms with Crippen molar-refractivity contribution in [2.24, 2.45) is 5.92 Å². The van der Waals surface area contributed by atoms with E-state index in [4.69, 9.17) is 28.3 Å². The molecule has 1 aromatic carbocycles. The minimum absolute atomic E-state index is 0.00844. The van der Waals surface area contributed by atoms with E-state index in [0.29, 0.717) is 25.7 Å². The smallest absolute Gasteiger partial charge is 0.306 e. The topological polar surface area (TPSA) is 83.5 Å². The maximum absolute atomic E-state index is 12.3. The first-order chi connectivity index (χ1) is 9.81. The highest BCUT2D eigenvalue weighted by molar-refractivity contribution is 7.89. The molecule has 2 N–H and O–H groups in total. The monoisotopic (exact) mass is 351 g/mol. The highest BCUT2D eigenvalue weighted by Gasteiger charge is 2.29. The summed E-state index contributed by atoms with van der Waals surface area (Å²) in [5, 5.41) is 9.10. The van der Waals surface area contributed by atoms with Crippen molar-refractivity contribution in [2.45, 2.75) is 36.6 Å². The number of carbonyl (C=O) groups is 1. The summed E-state index contributed by atoms with van der Waals surface area (Å²) in [4.78, 5) is 10.8. The summed E-state index contributed by atoms with van der Waals surface area (Å²) in [6.45, 7) is 0. The second kappa shape index (κ2) is 6.52. The fourth-order valence-electron chi connectivity index (χ4n) is 2.43. The lowest BCUT2D eigenvalue weighted by Gasteiger charge is -2.26. The van der Waals surface area contributed by atoms with E-state index in [9.17, 15) is 13.2 Å². The van der Waals surface area contributed by atoms with Crippen LogP contribution in [0, 0.1) is 5.92 Å². The molecular weight excluding hydrogens is 337 g/mol. The van der Waals surface area contributed by atoms with Gasteiger partial charge in [0.15, 0.2) is 0 Å². The maximum atomic E-state index is 12.3. The van der Waals surface area contributed by atoms with Gasteiger partial charge in [0.2, 0.25) is 10.0 Å². The van der Waals surface area contributed by atoms with Crippen molar-refractivity contribution < 1.29 is 18.3 Å². The Labute approximate surface area is 133 Å². The van der Waals surface area contributed by atoms with Crippen LogP contribution in [-0.2, 0) is 14.8 Å². The van der Waals surface area contributed by atoms with Crippen LogP contribution in [0.5, 0.6) is 0 Å². The van der Waals surface area contributed by atoms with Crippen LogP contribution in [0.1, 0.15) is 25.7 Å². The number of hydrogen-bond donors (Lipinski definition) is 2. The quantitative estimate of drug-likeness (QED) is 0.873. The lowest BCUT2D eigenvalue weighted by molar-refractivity contribution is -0.142. The van der Waals surface area contributed by atoms with Gasteiger partial charge in [-0.3, -0.25) is 4.79 Å². The van der Waals surface area contributed by atoms with Gasteiger partial charge in [-0.05, 0) is 37.8 Å². The minimum atomic E-state index is -3.76. The van der Waals surface area contributed by atoms with Crippen molar-refractivity contribution in [3.63, 3.8) is 0 Å². The first-order valence-electron chi connectivity index (χ1n) is 6.50. The molecule has 5 nitrogen and oxygen atoms in total. The molecule has 1 aromatic rings. The third kappa shape index (κ3) is 3.88. The molecule has 0 aliphatic heterocycles. The van der Waals surface area contributed by atoms with E-state index in [1.807, 2.05) is 0 Å². The zero-order chi connectivity index (χ0) is 15.6. The number of rotatable bonds is 4. The molecule has 116 valence electrons. The predicted octanol–water partition coefficient (Wildman–Crippen LogP) is 2.92. The number of carboxylic acids is 1. The van der Waals surface area contributed by atoms with E-state index in [1.165, 1.54) is 18.2 Å². The number of benzene rings is 1. The molecule has 2 rings (SSSR count). The third-order valence-corrected chi connectivity index (χ3v) is 6.10. The van der Waals surface area contributed by atoms with Gasteiger partial charge in [0.25, 0.3) is 0 Å². The fourth-order valence-corrected chi connectivity index (χ4v) is 4.50. The first kappa shape index (κ1) is 16.5. The van der Waals surface area contributed by atoms with Crippen molar-refractivity contribution in [2.75, 3.05) is 0 Å². The van der Waals surface area contributed by atoms with E-state index >= 15 is 0 Å². The molecule has 0 radical (unpaired) electrons. The van der Waals surface area contributed by atoms with Crippen LogP contribution in [0.3, 0.4) is 0 Å². The molecular formula is C13H15Cl2NO4S. The molecule has 0 aromatic heterocycles. The van der Waals surface area contributed by atoms with Gasteiger partial charge in [0.1, 0.15) is 4.90 Å². The van der Waals surface area contributed by atoms with Gasteiger partial charge in [-0.25, -0.2) is 13.1 Å². The molecule has 0 unspecified atom stereocenters. The number of aliphatic carboxylic acids is 1. The maximum Gasteiger partial charge on any atom is 0.306 e. The number of hydrogen-bond acceptors (Lipinski definition) is 3. The zero-order valence-electron chi connectivity index (χ0n) is 11.1. The molecule has 8 heteroatoms. The van der Waals surface area contributed by atoms with Crippen molar-refractivity contribution in [1.29, 1.82) is 0 Å². The van der Waals surface area contributed by atoms with Crippen molar-refractivity contribution >= 4 is 39.2 Å². The summed E-state index contributed by atoms with van der Waals surface area (Å²) >= 11 is 11.8. The van der Waals surface area contributed by atoms with Crippen LogP contribution in [0.15, 0.2) is 23.1 Å². The average Bonchev–Trinajstić information content (AvgIpc) is 2.41. The molecule has 0 saturated heterocycles. The summed E-state index contributed by atoms with van der Waals surface area (Å²) in [6.07, 6.45) is 1.92. The van der Waals surface area contributed by atoms with Gasteiger partial charge in [-0.1, -0.05) is 29.3 Å². The molecule has 0 amide bonds. The van der Waals surface area contributed by atoms with Crippen LogP contribution in [0.2, 0.25) is 10.0 Å². The lowest BCUT2D eigenvalue weighted by Crippen LogP contribution is -2.38. The molecule has 21 heavy (non-hydrogen) atoms. The van der Waals surface area contributed by atoms with Crippen LogP contribution in [-0.4, -0.2) is 25.5 Å². The Morgan fingerprint density at radius 2 is 1.81 bits per heavy atom. The summed E-state index contributed by atoms with van der Waals surface area (Å²) in [6, 6.07) is 4.14. The summed E-state index contributed by atoms with van der Waals surface area (Å²) in [7, 11) is -3.76. The number of carboxylic acid groups (broad SMARTS) is 1. The predicted molar refractivity (Wildman–Crippen MR) is 80.2 cm³/mol. The Balaban J connectivity index is 2.09. The normalized spacial score (nSPS) is 23.0. The minimum Gasteiger partial charge on any atom is -0.481 e. The zero-order valence-corrected chi connectivity index (χ0v) is 13.4. The number of halogens is 2. The summed E-state index contributed by atoms with van der Waals surface area (Å²) in [5.41, 5.74) is 0. The molecule has 1 saturated carbocycles. The molecule has 0 atom stereocenters. The molecule has 1 aliphatic carbocycles. The van der Waals surface area contributed by atoms with Crippen LogP contribution < -0.4 is 4.72 Å². The van der Waals surface area contributed by atoms with E-state index in [-0.39, 0.29) is 26.9 Å². The van der Waals surface area contributed by atoms with Crippen molar-refractivity contribution in [3.8, 4) is 0 Å². The number of nitrogens with one attached hydrogen (secondary N) is 1.